The van der Waals surface area contributed by atoms with E-state index in [2.05, 4.69) is 10.2 Å². The molecule has 0 aliphatic heterocycles. The van der Waals surface area contributed by atoms with Crippen LogP contribution in [0, 0.1) is 11.6 Å². The van der Waals surface area contributed by atoms with Crippen molar-refractivity contribution in [1.82, 2.24) is 10.2 Å². The van der Waals surface area contributed by atoms with Crippen LogP contribution in [0.5, 0.6) is 0 Å². The number of aromatic amines is 1. The van der Waals surface area contributed by atoms with Gasteiger partial charge >= 0.3 is 0 Å². The molecule has 0 bridgehead atoms. The smallest absolute Gasteiger partial charge is 0.204 e. The molecule has 0 unspecified atom stereocenters. The summed E-state index contributed by atoms with van der Waals surface area (Å²) in [5, 5.41) is 5.83. The van der Waals surface area contributed by atoms with Gasteiger partial charge in [-0.3, -0.25) is 9.89 Å². The largest absolute Gasteiger partial charge is 0.383 e. The predicted octanol–water partition coefficient (Wildman–Crippen LogP) is 1.50. The van der Waals surface area contributed by atoms with Gasteiger partial charge in [-0.15, -0.1) is 0 Å². The highest BCUT2D eigenvalue weighted by molar-refractivity contribution is 6.11. The lowest BCUT2D eigenvalue weighted by molar-refractivity contribution is 0.103. The number of hydrogen-bond acceptors (Lipinski definition) is 3. The third kappa shape index (κ3) is 1.54. The molecule has 0 saturated carbocycles. The van der Waals surface area contributed by atoms with Crippen LogP contribution < -0.4 is 5.73 Å². The summed E-state index contributed by atoms with van der Waals surface area (Å²) in [7, 11) is 0. The van der Waals surface area contributed by atoms with Crippen molar-refractivity contribution in [3.05, 3.63) is 47.2 Å². The van der Waals surface area contributed by atoms with E-state index in [0.717, 1.165) is 18.3 Å². The summed E-state index contributed by atoms with van der Waals surface area (Å²) in [4.78, 5) is 11.7. The first-order chi connectivity index (χ1) is 7.61. The van der Waals surface area contributed by atoms with Gasteiger partial charge in [-0.05, 0) is 12.1 Å². The molecule has 1 heterocycles. The fourth-order valence-electron chi connectivity index (χ4n) is 1.33. The van der Waals surface area contributed by atoms with Gasteiger partial charge in [0.2, 0.25) is 5.78 Å². The molecule has 6 heteroatoms. The molecule has 0 atom stereocenters. The van der Waals surface area contributed by atoms with Gasteiger partial charge in [-0.25, -0.2) is 8.78 Å². The topological polar surface area (TPSA) is 71.8 Å². The number of carbonyl (C=O) groups is 1. The maximum absolute atomic E-state index is 13.3. The van der Waals surface area contributed by atoms with Crippen LogP contribution in [0.3, 0.4) is 0 Å². The van der Waals surface area contributed by atoms with Gasteiger partial charge in [0.25, 0.3) is 0 Å². The highest BCUT2D eigenvalue weighted by Gasteiger charge is 2.21. The maximum Gasteiger partial charge on any atom is 0.204 e. The molecule has 0 fully saturated rings. The Morgan fingerprint density at radius 2 is 1.94 bits per heavy atom. The fraction of sp³-hybridized carbons (Fsp3) is 0. The molecule has 1 aromatic heterocycles. The number of ketones is 1. The Kier molecular flexibility index (Phi) is 2.40. The first-order valence-electron chi connectivity index (χ1n) is 4.39. The number of nitrogen functional groups attached to an aromatic ring is 1. The number of rotatable bonds is 2. The SMILES string of the molecule is Nc1[nH]ncc1C(=O)c1c(F)cccc1F. The number of nitrogens with two attached hydrogens (primary N) is 1. The summed E-state index contributed by atoms with van der Waals surface area (Å²) in [5.41, 5.74) is 4.71. The molecule has 2 rings (SSSR count). The van der Waals surface area contributed by atoms with E-state index < -0.39 is 23.0 Å². The van der Waals surface area contributed by atoms with Crippen LogP contribution in [0.2, 0.25) is 0 Å². The van der Waals surface area contributed by atoms with Crippen molar-refractivity contribution >= 4 is 11.6 Å². The summed E-state index contributed by atoms with van der Waals surface area (Å²) in [6.07, 6.45) is 1.13. The number of carbonyl (C=O) groups excluding carboxylic acids is 1. The predicted molar refractivity (Wildman–Crippen MR) is 52.8 cm³/mol. The van der Waals surface area contributed by atoms with E-state index in [1.54, 1.807) is 0 Å². The average molecular weight is 223 g/mol. The number of anilines is 1. The summed E-state index contributed by atoms with van der Waals surface area (Å²) in [6, 6.07) is 3.19. The zero-order valence-corrected chi connectivity index (χ0v) is 8.00. The van der Waals surface area contributed by atoms with Crippen LogP contribution in [0.1, 0.15) is 15.9 Å². The molecule has 0 aliphatic carbocycles. The number of H-pyrrole nitrogens is 1. The van der Waals surface area contributed by atoms with Gasteiger partial charge in [-0.1, -0.05) is 6.07 Å². The fourth-order valence-corrected chi connectivity index (χ4v) is 1.33. The molecule has 0 amide bonds. The van der Waals surface area contributed by atoms with Crippen LogP contribution in [0.4, 0.5) is 14.6 Å². The van der Waals surface area contributed by atoms with Crippen molar-refractivity contribution < 1.29 is 13.6 Å². The molecule has 4 nitrogen and oxygen atoms in total. The molecule has 1 aromatic carbocycles. The number of nitrogens with one attached hydrogen (secondary N) is 1. The quantitative estimate of drug-likeness (QED) is 0.758. The van der Waals surface area contributed by atoms with E-state index in [9.17, 15) is 13.6 Å². The van der Waals surface area contributed by atoms with E-state index in [4.69, 9.17) is 5.73 Å². The number of nitrogens with zero attached hydrogens (tertiary/aromatic N) is 1. The zero-order valence-electron chi connectivity index (χ0n) is 8.00. The molecular formula is C10H7F2N3O. The van der Waals surface area contributed by atoms with E-state index in [1.807, 2.05) is 0 Å². The lowest BCUT2D eigenvalue weighted by Crippen LogP contribution is -2.08. The molecule has 82 valence electrons. The number of hydrogen-bond donors (Lipinski definition) is 2. The van der Waals surface area contributed by atoms with Gasteiger partial charge < -0.3 is 5.73 Å². The maximum atomic E-state index is 13.3. The van der Waals surface area contributed by atoms with E-state index in [-0.39, 0.29) is 11.4 Å². The lowest BCUT2D eigenvalue weighted by atomic mass is 10.0. The summed E-state index contributed by atoms with van der Waals surface area (Å²) < 4.78 is 26.6. The van der Waals surface area contributed by atoms with Crippen molar-refractivity contribution in [2.45, 2.75) is 0 Å². The Labute approximate surface area is 89.1 Å². The Morgan fingerprint density at radius 1 is 1.31 bits per heavy atom. The number of aromatic nitrogens is 2. The van der Waals surface area contributed by atoms with Crippen LogP contribution in [-0.2, 0) is 0 Å². The second-order valence-corrected chi connectivity index (χ2v) is 3.12. The van der Waals surface area contributed by atoms with Gasteiger partial charge in [0.1, 0.15) is 17.5 Å². The number of benzene rings is 1. The van der Waals surface area contributed by atoms with Crippen LogP contribution >= 0.6 is 0 Å². The lowest BCUT2D eigenvalue weighted by Gasteiger charge is -2.02. The summed E-state index contributed by atoms with van der Waals surface area (Å²) in [5.74, 6) is -2.70. The molecular weight excluding hydrogens is 216 g/mol. The first-order valence-corrected chi connectivity index (χ1v) is 4.39. The standard InChI is InChI=1S/C10H7F2N3O/c11-6-2-1-3-7(12)8(6)9(16)5-4-14-15-10(5)13/h1-4H,(H3,13,14,15). The Hall–Kier alpha value is -2.24. The molecule has 16 heavy (non-hydrogen) atoms. The average Bonchev–Trinajstić information content (AvgIpc) is 2.64. The summed E-state index contributed by atoms with van der Waals surface area (Å²) in [6.45, 7) is 0. The Bertz CT molecular complexity index is 530. The molecule has 0 spiro atoms. The van der Waals surface area contributed by atoms with E-state index >= 15 is 0 Å². The van der Waals surface area contributed by atoms with Gasteiger partial charge in [0, 0.05) is 0 Å². The van der Waals surface area contributed by atoms with Crippen molar-refractivity contribution in [2.24, 2.45) is 0 Å². The first kappa shape index (κ1) is 10.3. The molecule has 0 saturated heterocycles. The highest BCUT2D eigenvalue weighted by atomic mass is 19.1. The van der Waals surface area contributed by atoms with Crippen molar-refractivity contribution in [2.75, 3.05) is 5.73 Å². The third-order valence-corrected chi connectivity index (χ3v) is 2.10. The molecule has 2 aromatic rings. The number of halogens is 2. The summed E-state index contributed by atoms with van der Waals surface area (Å²) >= 11 is 0. The van der Waals surface area contributed by atoms with Crippen molar-refractivity contribution in [3.8, 4) is 0 Å². The minimum Gasteiger partial charge on any atom is -0.383 e. The van der Waals surface area contributed by atoms with E-state index in [1.165, 1.54) is 6.07 Å². The highest BCUT2D eigenvalue weighted by Crippen LogP contribution is 2.19. The Morgan fingerprint density at radius 3 is 2.44 bits per heavy atom. The second-order valence-electron chi connectivity index (χ2n) is 3.12. The van der Waals surface area contributed by atoms with Crippen LogP contribution in [0.15, 0.2) is 24.4 Å². The minimum absolute atomic E-state index is 0.0207. The van der Waals surface area contributed by atoms with Gasteiger partial charge in [-0.2, -0.15) is 5.10 Å². The minimum atomic E-state index is -0.925. The van der Waals surface area contributed by atoms with E-state index in [0.29, 0.717) is 0 Å². The normalized spacial score (nSPS) is 10.4. The zero-order chi connectivity index (χ0) is 11.7. The van der Waals surface area contributed by atoms with Crippen molar-refractivity contribution in [1.29, 1.82) is 0 Å². The van der Waals surface area contributed by atoms with Crippen LogP contribution in [-0.4, -0.2) is 16.0 Å². The third-order valence-electron chi connectivity index (χ3n) is 2.10. The molecule has 0 aliphatic rings. The van der Waals surface area contributed by atoms with Gasteiger partial charge in [0.15, 0.2) is 0 Å². The Balaban J connectivity index is 2.54. The van der Waals surface area contributed by atoms with Crippen LogP contribution in [0.25, 0.3) is 0 Å². The van der Waals surface area contributed by atoms with Crippen molar-refractivity contribution in [3.63, 3.8) is 0 Å². The van der Waals surface area contributed by atoms with Gasteiger partial charge in [0.05, 0.1) is 17.3 Å². The monoisotopic (exact) mass is 223 g/mol. The molecule has 3 N–H and O–H groups in total. The molecule has 0 radical (unpaired) electrons. The second kappa shape index (κ2) is 3.73.